The Morgan fingerprint density at radius 2 is 1.86 bits per heavy atom. The Kier molecular flexibility index (Phi) is 4.81. The van der Waals surface area contributed by atoms with Gasteiger partial charge in [0, 0.05) is 22.3 Å². The second kappa shape index (κ2) is 6.42. The molecule has 0 amide bonds. The highest BCUT2D eigenvalue weighted by atomic mass is 79.9. The average Bonchev–Trinajstić information content (AvgIpc) is 2.36. The highest BCUT2D eigenvalue weighted by Crippen LogP contribution is 2.19. The summed E-state index contributed by atoms with van der Waals surface area (Å²) in [5.74, 6) is -0.323. The van der Waals surface area contributed by atoms with Crippen LogP contribution in [0.4, 0.5) is 15.8 Å². The minimum Gasteiger partial charge on any atom is -0.381 e. The standard InChI is InChI=1S/C13H13BrFN3O2S/c14-10-5-4-9(13(15)6-10)8-17-11-2-1-3-12(7-11)18-21(16,19)20/h1-7,17-18H,8H2,(H2,16,19,20). The quantitative estimate of drug-likeness (QED) is 0.753. The summed E-state index contributed by atoms with van der Waals surface area (Å²) < 4.78 is 38.4. The highest BCUT2D eigenvalue weighted by molar-refractivity contribution is 9.10. The molecule has 0 unspecified atom stereocenters. The minimum atomic E-state index is -3.82. The van der Waals surface area contributed by atoms with Gasteiger partial charge in [0.1, 0.15) is 5.82 Å². The smallest absolute Gasteiger partial charge is 0.296 e. The first kappa shape index (κ1) is 15.7. The van der Waals surface area contributed by atoms with Gasteiger partial charge in [0.25, 0.3) is 10.2 Å². The molecule has 0 aliphatic heterocycles. The van der Waals surface area contributed by atoms with E-state index >= 15 is 0 Å². The predicted octanol–water partition coefficient (Wildman–Crippen LogP) is 2.82. The van der Waals surface area contributed by atoms with Crippen LogP contribution in [0.1, 0.15) is 5.56 Å². The zero-order valence-electron chi connectivity index (χ0n) is 10.8. The molecule has 112 valence electrons. The highest BCUT2D eigenvalue weighted by Gasteiger charge is 2.05. The van der Waals surface area contributed by atoms with Gasteiger partial charge in [-0.3, -0.25) is 4.72 Å². The lowest BCUT2D eigenvalue weighted by Gasteiger charge is -2.10. The van der Waals surface area contributed by atoms with E-state index in [2.05, 4.69) is 26.0 Å². The van der Waals surface area contributed by atoms with Crippen LogP contribution in [0.2, 0.25) is 0 Å². The van der Waals surface area contributed by atoms with Crippen LogP contribution in [0.25, 0.3) is 0 Å². The van der Waals surface area contributed by atoms with Crippen LogP contribution in [0.3, 0.4) is 0 Å². The van der Waals surface area contributed by atoms with E-state index in [-0.39, 0.29) is 12.4 Å². The van der Waals surface area contributed by atoms with E-state index in [1.807, 2.05) is 0 Å². The van der Waals surface area contributed by atoms with Crippen molar-refractivity contribution < 1.29 is 12.8 Å². The van der Waals surface area contributed by atoms with Crippen LogP contribution in [-0.2, 0) is 16.8 Å². The molecular weight excluding hydrogens is 361 g/mol. The van der Waals surface area contributed by atoms with E-state index in [1.165, 1.54) is 6.07 Å². The number of halogens is 2. The molecule has 0 atom stereocenters. The molecule has 0 bridgehead atoms. The van der Waals surface area contributed by atoms with Gasteiger partial charge in [0.05, 0.1) is 5.69 Å². The average molecular weight is 374 g/mol. The Morgan fingerprint density at radius 1 is 1.14 bits per heavy atom. The number of hydrogen-bond acceptors (Lipinski definition) is 3. The molecule has 0 fully saturated rings. The fourth-order valence-electron chi connectivity index (χ4n) is 1.72. The summed E-state index contributed by atoms with van der Waals surface area (Å²) in [6, 6.07) is 11.3. The van der Waals surface area contributed by atoms with Gasteiger partial charge < -0.3 is 5.32 Å². The van der Waals surface area contributed by atoms with Crippen molar-refractivity contribution in [3.8, 4) is 0 Å². The van der Waals surface area contributed by atoms with Crippen LogP contribution in [0, 0.1) is 5.82 Å². The number of anilines is 2. The number of rotatable bonds is 5. The molecule has 5 nitrogen and oxygen atoms in total. The summed E-state index contributed by atoms with van der Waals surface area (Å²) >= 11 is 3.19. The minimum absolute atomic E-state index is 0.276. The van der Waals surface area contributed by atoms with E-state index in [0.717, 1.165) is 0 Å². The number of nitrogens with one attached hydrogen (secondary N) is 2. The Balaban J connectivity index is 2.08. The molecule has 0 aliphatic carbocycles. The van der Waals surface area contributed by atoms with Crippen LogP contribution in [0.15, 0.2) is 46.9 Å². The lowest BCUT2D eigenvalue weighted by Crippen LogP contribution is -2.21. The Morgan fingerprint density at radius 3 is 2.52 bits per heavy atom. The topological polar surface area (TPSA) is 84.2 Å². The van der Waals surface area contributed by atoms with Crippen molar-refractivity contribution in [1.29, 1.82) is 0 Å². The number of hydrogen-bond donors (Lipinski definition) is 3. The van der Waals surface area contributed by atoms with E-state index in [1.54, 1.807) is 36.4 Å². The largest absolute Gasteiger partial charge is 0.381 e. The third-order valence-electron chi connectivity index (χ3n) is 2.62. The van der Waals surface area contributed by atoms with Gasteiger partial charge in [0.2, 0.25) is 0 Å². The van der Waals surface area contributed by atoms with Gasteiger partial charge in [-0.1, -0.05) is 28.1 Å². The van der Waals surface area contributed by atoms with E-state index in [4.69, 9.17) is 5.14 Å². The third-order valence-corrected chi connectivity index (χ3v) is 3.63. The Labute approximate surface area is 130 Å². The fraction of sp³-hybridized carbons (Fsp3) is 0.0769. The number of benzene rings is 2. The fourth-order valence-corrected chi connectivity index (χ4v) is 2.51. The molecule has 0 saturated heterocycles. The summed E-state index contributed by atoms with van der Waals surface area (Å²) in [5.41, 5.74) is 1.48. The van der Waals surface area contributed by atoms with Crippen molar-refractivity contribution in [2.45, 2.75) is 6.54 Å². The molecule has 0 aromatic heterocycles. The lowest BCUT2D eigenvalue weighted by atomic mass is 10.2. The summed E-state index contributed by atoms with van der Waals surface area (Å²) in [5, 5.41) is 7.92. The molecule has 21 heavy (non-hydrogen) atoms. The molecule has 8 heteroatoms. The predicted molar refractivity (Wildman–Crippen MR) is 84.6 cm³/mol. The first-order chi connectivity index (χ1) is 9.83. The molecule has 0 saturated carbocycles. The molecule has 4 N–H and O–H groups in total. The van der Waals surface area contributed by atoms with Crippen LogP contribution in [0.5, 0.6) is 0 Å². The number of nitrogens with two attached hydrogens (primary N) is 1. The maximum atomic E-state index is 13.7. The summed E-state index contributed by atoms with van der Waals surface area (Å²) in [4.78, 5) is 0. The van der Waals surface area contributed by atoms with Gasteiger partial charge in [-0.2, -0.15) is 8.42 Å². The van der Waals surface area contributed by atoms with Gasteiger partial charge >= 0.3 is 0 Å². The third kappa shape index (κ3) is 5.00. The van der Waals surface area contributed by atoms with Crippen molar-refractivity contribution in [1.82, 2.24) is 0 Å². The van der Waals surface area contributed by atoms with Gasteiger partial charge in [-0.25, -0.2) is 9.53 Å². The van der Waals surface area contributed by atoms with Crippen LogP contribution >= 0.6 is 15.9 Å². The molecule has 2 aromatic carbocycles. The van der Waals surface area contributed by atoms with E-state index < -0.39 is 10.2 Å². The monoisotopic (exact) mass is 373 g/mol. The van der Waals surface area contributed by atoms with Crippen molar-refractivity contribution >= 4 is 37.5 Å². The van der Waals surface area contributed by atoms with Gasteiger partial charge in [-0.15, -0.1) is 0 Å². The molecule has 2 rings (SSSR count). The van der Waals surface area contributed by atoms with Crippen molar-refractivity contribution in [3.63, 3.8) is 0 Å². The Bertz CT molecular complexity index is 753. The molecular formula is C13H13BrFN3O2S. The maximum Gasteiger partial charge on any atom is 0.296 e. The van der Waals surface area contributed by atoms with Crippen molar-refractivity contribution in [2.75, 3.05) is 10.0 Å². The van der Waals surface area contributed by atoms with Crippen molar-refractivity contribution in [3.05, 3.63) is 58.3 Å². The SMILES string of the molecule is NS(=O)(=O)Nc1cccc(NCc2ccc(Br)cc2F)c1. The second-order valence-corrected chi connectivity index (χ2v) is 6.53. The van der Waals surface area contributed by atoms with Crippen LogP contribution in [-0.4, -0.2) is 8.42 Å². The maximum absolute atomic E-state index is 13.7. The lowest BCUT2D eigenvalue weighted by molar-refractivity contribution is 0.603. The van der Waals surface area contributed by atoms with Crippen molar-refractivity contribution in [2.24, 2.45) is 5.14 Å². The van der Waals surface area contributed by atoms with Crippen LogP contribution < -0.4 is 15.2 Å². The zero-order chi connectivity index (χ0) is 15.5. The van der Waals surface area contributed by atoms with E-state index in [0.29, 0.717) is 21.4 Å². The molecule has 0 spiro atoms. The molecule has 2 aromatic rings. The molecule has 0 aliphatic rings. The summed E-state index contributed by atoms with van der Waals surface area (Å²) in [7, 11) is -3.82. The zero-order valence-corrected chi connectivity index (χ0v) is 13.2. The molecule has 0 radical (unpaired) electrons. The first-order valence-electron chi connectivity index (χ1n) is 5.92. The first-order valence-corrected chi connectivity index (χ1v) is 8.26. The summed E-state index contributed by atoms with van der Waals surface area (Å²) in [6.45, 7) is 0.276. The molecule has 0 heterocycles. The van der Waals surface area contributed by atoms with E-state index in [9.17, 15) is 12.8 Å². The summed E-state index contributed by atoms with van der Waals surface area (Å²) in [6.07, 6.45) is 0. The van der Waals surface area contributed by atoms with Gasteiger partial charge in [0.15, 0.2) is 0 Å². The normalized spacial score (nSPS) is 11.2. The van der Waals surface area contributed by atoms with Gasteiger partial charge in [-0.05, 0) is 30.3 Å². The Hall–Kier alpha value is -1.64. The second-order valence-electron chi connectivity index (χ2n) is 4.32.